The smallest absolute Gasteiger partial charge is 0.0659 e. The molecule has 0 spiro atoms. The first-order valence-electron chi connectivity index (χ1n) is 5.24. The zero-order valence-electron chi connectivity index (χ0n) is 8.94. The summed E-state index contributed by atoms with van der Waals surface area (Å²) in [4.78, 5) is 0. The molecule has 2 rings (SSSR count). The Kier molecular flexibility index (Phi) is 3.95. The Hall–Kier alpha value is -0.880. The summed E-state index contributed by atoms with van der Waals surface area (Å²) in [6, 6.07) is 8.48. The molecule has 0 fully saturated rings. The van der Waals surface area contributed by atoms with Gasteiger partial charge >= 0.3 is 0 Å². The predicted molar refractivity (Wildman–Crippen MR) is 73.2 cm³/mol. The van der Waals surface area contributed by atoms with Gasteiger partial charge in [0.1, 0.15) is 0 Å². The van der Waals surface area contributed by atoms with Gasteiger partial charge in [-0.15, -0.1) is 0 Å². The fraction of sp³-hybridized carbons (Fsp3) is 0.250. The van der Waals surface area contributed by atoms with E-state index in [1.807, 2.05) is 10.9 Å². The molecule has 2 aromatic rings. The molecular weight excluding hydrogens is 313 g/mol. The summed E-state index contributed by atoms with van der Waals surface area (Å²) in [5, 5.41) is 4.31. The molecular formula is C12H14IN3. The third-order valence-corrected chi connectivity index (χ3v) is 3.10. The molecule has 2 N–H and O–H groups in total. The van der Waals surface area contributed by atoms with Crippen molar-refractivity contribution in [3.63, 3.8) is 0 Å². The predicted octanol–water partition coefficient (Wildman–Crippen LogP) is 2.04. The van der Waals surface area contributed by atoms with Gasteiger partial charge in [0, 0.05) is 9.77 Å². The van der Waals surface area contributed by atoms with Crippen LogP contribution in [0.2, 0.25) is 0 Å². The normalized spacial score (nSPS) is 10.6. The van der Waals surface area contributed by atoms with E-state index < -0.39 is 0 Å². The highest BCUT2D eigenvalue weighted by Crippen LogP contribution is 2.08. The lowest BCUT2D eigenvalue weighted by Gasteiger charge is -2.01. The fourth-order valence-corrected chi connectivity index (χ4v) is 1.93. The van der Waals surface area contributed by atoms with E-state index in [2.05, 4.69) is 58.2 Å². The van der Waals surface area contributed by atoms with Crippen molar-refractivity contribution in [1.82, 2.24) is 9.78 Å². The highest BCUT2D eigenvalue weighted by atomic mass is 127. The molecule has 4 heteroatoms. The molecule has 84 valence electrons. The topological polar surface area (TPSA) is 43.8 Å². The minimum atomic E-state index is 0.676. The second-order valence-corrected chi connectivity index (χ2v) is 4.96. The van der Waals surface area contributed by atoms with Crippen molar-refractivity contribution in [3.8, 4) is 0 Å². The number of nitrogens with zero attached hydrogens (tertiary/aromatic N) is 2. The van der Waals surface area contributed by atoms with Crippen LogP contribution in [0.25, 0.3) is 0 Å². The number of rotatable bonds is 4. The van der Waals surface area contributed by atoms with Crippen LogP contribution >= 0.6 is 22.6 Å². The molecule has 1 heterocycles. The zero-order valence-corrected chi connectivity index (χ0v) is 11.1. The molecule has 0 bridgehead atoms. The summed E-state index contributed by atoms with van der Waals surface area (Å²) in [7, 11) is 0. The lowest BCUT2D eigenvalue weighted by Crippen LogP contribution is -2.02. The van der Waals surface area contributed by atoms with Crippen molar-refractivity contribution in [1.29, 1.82) is 0 Å². The third-order valence-electron chi connectivity index (χ3n) is 2.38. The summed E-state index contributed by atoms with van der Waals surface area (Å²) in [6.45, 7) is 1.50. The van der Waals surface area contributed by atoms with Gasteiger partial charge in [-0.25, -0.2) is 0 Å². The molecule has 1 aromatic heterocycles. The number of aromatic nitrogens is 2. The summed E-state index contributed by atoms with van der Waals surface area (Å²) in [6.07, 6.45) is 4.84. The SMILES string of the molecule is NCCc1cnn(Cc2ccc(I)cc2)c1. The molecule has 0 saturated heterocycles. The molecule has 16 heavy (non-hydrogen) atoms. The summed E-state index contributed by atoms with van der Waals surface area (Å²) < 4.78 is 3.21. The summed E-state index contributed by atoms with van der Waals surface area (Å²) in [5.41, 5.74) is 7.97. The van der Waals surface area contributed by atoms with Crippen molar-refractivity contribution < 1.29 is 0 Å². The maximum atomic E-state index is 5.50. The van der Waals surface area contributed by atoms with Crippen LogP contribution in [0, 0.1) is 3.57 Å². The Balaban J connectivity index is 2.05. The molecule has 0 unspecified atom stereocenters. The molecule has 0 aliphatic heterocycles. The van der Waals surface area contributed by atoms with Gasteiger partial charge in [0.05, 0.1) is 12.7 Å². The second-order valence-electron chi connectivity index (χ2n) is 3.71. The van der Waals surface area contributed by atoms with Crippen LogP contribution in [-0.4, -0.2) is 16.3 Å². The Morgan fingerprint density at radius 2 is 1.94 bits per heavy atom. The minimum Gasteiger partial charge on any atom is -0.330 e. The van der Waals surface area contributed by atoms with Crippen LogP contribution in [0.5, 0.6) is 0 Å². The minimum absolute atomic E-state index is 0.676. The molecule has 0 aliphatic rings. The lowest BCUT2D eigenvalue weighted by atomic mass is 10.2. The average Bonchev–Trinajstić information content (AvgIpc) is 2.70. The van der Waals surface area contributed by atoms with Crippen LogP contribution in [0.15, 0.2) is 36.7 Å². The van der Waals surface area contributed by atoms with E-state index in [-0.39, 0.29) is 0 Å². The molecule has 0 amide bonds. The van der Waals surface area contributed by atoms with Crippen molar-refractivity contribution in [2.75, 3.05) is 6.54 Å². The molecule has 0 saturated carbocycles. The van der Waals surface area contributed by atoms with Gasteiger partial charge in [-0.3, -0.25) is 4.68 Å². The van der Waals surface area contributed by atoms with Crippen LogP contribution < -0.4 is 5.73 Å². The van der Waals surface area contributed by atoms with Gasteiger partial charge in [-0.1, -0.05) is 12.1 Å². The van der Waals surface area contributed by atoms with Crippen molar-refractivity contribution in [2.24, 2.45) is 5.73 Å². The van der Waals surface area contributed by atoms with Crippen LogP contribution in [0.4, 0.5) is 0 Å². The molecule has 1 aromatic carbocycles. The highest BCUT2D eigenvalue weighted by Gasteiger charge is 1.99. The van der Waals surface area contributed by atoms with Crippen LogP contribution in [-0.2, 0) is 13.0 Å². The Morgan fingerprint density at radius 3 is 2.62 bits per heavy atom. The molecule has 0 radical (unpaired) electrons. The van der Waals surface area contributed by atoms with Gasteiger partial charge < -0.3 is 5.73 Å². The Morgan fingerprint density at radius 1 is 1.19 bits per heavy atom. The van der Waals surface area contributed by atoms with Gasteiger partial charge in [0.15, 0.2) is 0 Å². The van der Waals surface area contributed by atoms with E-state index in [4.69, 9.17) is 5.73 Å². The second kappa shape index (κ2) is 5.45. The summed E-state index contributed by atoms with van der Waals surface area (Å²) in [5.74, 6) is 0. The first-order valence-corrected chi connectivity index (χ1v) is 6.31. The fourth-order valence-electron chi connectivity index (χ4n) is 1.57. The van der Waals surface area contributed by atoms with Crippen molar-refractivity contribution in [2.45, 2.75) is 13.0 Å². The van der Waals surface area contributed by atoms with E-state index in [1.165, 1.54) is 14.7 Å². The van der Waals surface area contributed by atoms with E-state index in [1.54, 1.807) is 0 Å². The average molecular weight is 327 g/mol. The Labute approximate surface area is 109 Å². The standard InChI is InChI=1S/C12H14IN3/c13-12-3-1-10(2-4-12)8-16-9-11(5-6-14)7-15-16/h1-4,7,9H,5-6,8,14H2. The largest absolute Gasteiger partial charge is 0.330 e. The van der Waals surface area contributed by atoms with E-state index in [0.29, 0.717) is 6.54 Å². The molecule has 0 atom stereocenters. The zero-order chi connectivity index (χ0) is 11.4. The van der Waals surface area contributed by atoms with Gasteiger partial charge in [-0.05, 0) is 58.8 Å². The van der Waals surface area contributed by atoms with Crippen LogP contribution in [0.3, 0.4) is 0 Å². The number of nitrogens with two attached hydrogens (primary N) is 1. The van der Waals surface area contributed by atoms with E-state index in [9.17, 15) is 0 Å². The maximum Gasteiger partial charge on any atom is 0.0659 e. The van der Waals surface area contributed by atoms with Crippen LogP contribution in [0.1, 0.15) is 11.1 Å². The molecule has 3 nitrogen and oxygen atoms in total. The number of halogens is 1. The Bertz CT molecular complexity index is 448. The monoisotopic (exact) mass is 327 g/mol. The van der Waals surface area contributed by atoms with Gasteiger partial charge in [-0.2, -0.15) is 5.10 Å². The van der Waals surface area contributed by atoms with Gasteiger partial charge in [0.25, 0.3) is 0 Å². The maximum absolute atomic E-state index is 5.50. The number of hydrogen-bond donors (Lipinski definition) is 1. The van der Waals surface area contributed by atoms with E-state index in [0.717, 1.165) is 13.0 Å². The van der Waals surface area contributed by atoms with Crippen molar-refractivity contribution >= 4 is 22.6 Å². The number of benzene rings is 1. The summed E-state index contributed by atoms with van der Waals surface area (Å²) >= 11 is 2.31. The van der Waals surface area contributed by atoms with Crippen molar-refractivity contribution in [3.05, 3.63) is 51.4 Å². The first-order chi connectivity index (χ1) is 7.78. The third kappa shape index (κ3) is 3.05. The van der Waals surface area contributed by atoms with E-state index >= 15 is 0 Å². The lowest BCUT2D eigenvalue weighted by molar-refractivity contribution is 0.686. The van der Waals surface area contributed by atoms with Gasteiger partial charge in [0.2, 0.25) is 0 Å². The number of hydrogen-bond acceptors (Lipinski definition) is 2. The highest BCUT2D eigenvalue weighted by molar-refractivity contribution is 14.1. The first kappa shape index (κ1) is 11.6. The quantitative estimate of drug-likeness (QED) is 0.874. The molecule has 0 aliphatic carbocycles.